The van der Waals surface area contributed by atoms with E-state index < -0.39 is 0 Å². The lowest BCUT2D eigenvalue weighted by Crippen LogP contribution is -2.37. The van der Waals surface area contributed by atoms with Crippen LogP contribution in [0.25, 0.3) is 10.2 Å². The van der Waals surface area contributed by atoms with Gasteiger partial charge in [-0.15, -0.1) is 0 Å². The lowest BCUT2D eigenvalue weighted by atomic mass is 10.3. The number of thiazole rings is 1. The fourth-order valence-corrected chi connectivity index (χ4v) is 4.04. The van der Waals surface area contributed by atoms with Crippen molar-refractivity contribution in [3.8, 4) is 11.5 Å². The van der Waals surface area contributed by atoms with Gasteiger partial charge < -0.3 is 9.47 Å². The molecule has 0 spiro atoms. The van der Waals surface area contributed by atoms with Crippen LogP contribution in [0.5, 0.6) is 11.5 Å². The van der Waals surface area contributed by atoms with E-state index in [1.165, 1.54) is 35.6 Å². The number of hydrogen-bond acceptors (Lipinski definition) is 6. The number of anilines is 1. The number of nitrogens with zero attached hydrogens (tertiary/aromatic N) is 4. The molecular formula is C22H21FN4O3S. The summed E-state index contributed by atoms with van der Waals surface area (Å²) >= 11 is 1.41. The zero-order chi connectivity index (χ0) is 21.6. The number of benzene rings is 2. The molecule has 2 heterocycles. The summed E-state index contributed by atoms with van der Waals surface area (Å²) in [6.07, 6.45) is 3.53. The first-order chi connectivity index (χ1) is 15.1. The van der Waals surface area contributed by atoms with Crippen LogP contribution in [0.1, 0.15) is 6.92 Å². The van der Waals surface area contributed by atoms with Gasteiger partial charge in [0.25, 0.3) is 5.91 Å². The lowest BCUT2D eigenvalue weighted by molar-refractivity contribution is -0.120. The number of carbonyl (C=O) groups is 1. The largest absolute Gasteiger partial charge is 0.492 e. The van der Waals surface area contributed by atoms with Crippen LogP contribution in [0.15, 0.2) is 60.9 Å². The van der Waals surface area contributed by atoms with Crippen molar-refractivity contribution < 1.29 is 18.7 Å². The second-order valence-corrected chi connectivity index (χ2v) is 7.60. The predicted molar refractivity (Wildman–Crippen MR) is 117 cm³/mol. The molecule has 0 bridgehead atoms. The third-order valence-electron chi connectivity index (χ3n) is 4.49. The van der Waals surface area contributed by atoms with E-state index in [1.807, 2.05) is 37.4 Å². The Morgan fingerprint density at radius 3 is 2.74 bits per heavy atom. The van der Waals surface area contributed by atoms with Crippen molar-refractivity contribution in [2.45, 2.75) is 13.5 Å². The van der Waals surface area contributed by atoms with Gasteiger partial charge in [-0.3, -0.25) is 14.4 Å². The van der Waals surface area contributed by atoms with Crippen LogP contribution in [-0.4, -0.2) is 40.4 Å². The van der Waals surface area contributed by atoms with Gasteiger partial charge in [-0.1, -0.05) is 17.4 Å². The van der Waals surface area contributed by atoms with Gasteiger partial charge in [0, 0.05) is 18.9 Å². The summed E-state index contributed by atoms with van der Waals surface area (Å²) < 4.78 is 27.0. The normalized spacial score (nSPS) is 10.9. The Morgan fingerprint density at radius 2 is 2.00 bits per heavy atom. The molecule has 4 aromatic rings. The Labute approximate surface area is 182 Å². The van der Waals surface area contributed by atoms with Crippen molar-refractivity contribution in [3.05, 3.63) is 66.7 Å². The van der Waals surface area contributed by atoms with E-state index in [2.05, 4.69) is 10.1 Å². The summed E-state index contributed by atoms with van der Waals surface area (Å²) in [7, 11) is 0. The van der Waals surface area contributed by atoms with E-state index in [-0.39, 0.29) is 18.3 Å². The number of carbonyl (C=O) groups excluding carboxylic acids is 1. The maximum atomic E-state index is 13.1. The highest BCUT2D eigenvalue weighted by Gasteiger charge is 2.21. The van der Waals surface area contributed by atoms with Crippen LogP contribution < -0.4 is 14.4 Å². The number of para-hydroxylation sites is 1. The fraction of sp³-hybridized carbons (Fsp3) is 0.227. The van der Waals surface area contributed by atoms with Crippen molar-refractivity contribution >= 4 is 32.6 Å². The van der Waals surface area contributed by atoms with Crippen LogP contribution in [0.2, 0.25) is 0 Å². The number of hydrogen-bond donors (Lipinski definition) is 0. The van der Waals surface area contributed by atoms with E-state index in [1.54, 1.807) is 15.8 Å². The van der Waals surface area contributed by atoms with Gasteiger partial charge in [-0.25, -0.2) is 9.37 Å². The number of aromatic nitrogens is 3. The van der Waals surface area contributed by atoms with Crippen LogP contribution in [0, 0.1) is 5.82 Å². The molecule has 0 fully saturated rings. The Balaban J connectivity index is 1.57. The molecule has 4 rings (SSSR count). The first-order valence-electron chi connectivity index (χ1n) is 9.82. The van der Waals surface area contributed by atoms with Gasteiger partial charge in [0.1, 0.15) is 22.8 Å². The molecule has 0 N–H and O–H groups in total. The van der Waals surface area contributed by atoms with Gasteiger partial charge in [0.05, 0.1) is 17.9 Å². The summed E-state index contributed by atoms with van der Waals surface area (Å²) in [5.74, 6) is 0.488. The Hall–Kier alpha value is -3.46. The summed E-state index contributed by atoms with van der Waals surface area (Å²) in [6, 6.07) is 13.1. The van der Waals surface area contributed by atoms with Crippen molar-refractivity contribution in [2.24, 2.45) is 0 Å². The Bertz CT molecular complexity index is 1150. The minimum atomic E-state index is -0.362. The molecule has 2 aromatic carbocycles. The molecule has 9 heteroatoms. The predicted octanol–water partition coefficient (Wildman–Crippen LogP) is 4.14. The molecule has 31 heavy (non-hydrogen) atoms. The van der Waals surface area contributed by atoms with Crippen molar-refractivity contribution in [1.29, 1.82) is 0 Å². The molecule has 0 saturated carbocycles. The third kappa shape index (κ3) is 5.00. The molecule has 0 saturated heterocycles. The smallest absolute Gasteiger partial charge is 0.266 e. The average Bonchev–Trinajstić information content (AvgIpc) is 3.44. The van der Waals surface area contributed by atoms with Gasteiger partial charge in [-0.2, -0.15) is 5.10 Å². The number of amides is 1. The van der Waals surface area contributed by atoms with Crippen molar-refractivity contribution in [3.63, 3.8) is 0 Å². The highest BCUT2D eigenvalue weighted by Crippen LogP contribution is 2.34. The third-order valence-corrected chi connectivity index (χ3v) is 5.53. The molecular weight excluding hydrogens is 419 g/mol. The zero-order valence-electron chi connectivity index (χ0n) is 16.9. The summed E-state index contributed by atoms with van der Waals surface area (Å²) in [4.78, 5) is 19.3. The molecule has 160 valence electrons. The van der Waals surface area contributed by atoms with Crippen LogP contribution in [-0.2, 0) is 11.3 Å². The molecule has 0 radical (unpaired) electrons. The lowest BCUT2D eigenvalue weighted by Gasteiger charge is -2.20. The maximum absolute atomic E-state index is 13.1. The van der Waals surface area contributed by atoms with Crippen molar-refractivity contribution in [1.82, 2.24) is 14.8 Å². The quantitative estimate of drug-likeness (QED) is 0.391. The highest BCUT2D eigenvalue weighted by molar-refractivity contribution is 7.22. The summed E-state index contributed by atoms with van der Waals surface area (Å²) in [5, 5.41) is 4.76. The minimum absolute atomic E-state index is 0.195. The first-order valence-corrected chi connectivity index (χ1v) is 10.6. The molecule has 0 aliphatic rings. The van der Waals surface area contributed by atoms with E-state index in [4.69, 9.17) is 9.47 Å². The van der Waals surface area contributed by atoms with Crippen LogP contribution in [0.3, 0.4) is 0 Å². The Kier molecular flexibility index (Phi) is 6.42. The first kappa shape index (κ1) is 20.8. The average molecular weight is 441 g/mol. The second-order valence-electron chi connectivity index (χ2n) is 6.59. The SMILES string of the molecule is CCOc1cccc2sc(N(CCn3cccn3)C(=O)COc3ccc(F)cc3)nc12. The van der Waals surface area contributed by atoms with E-state index in [9.17, 15) is 9.18 Å². The zero-order valence-corrected chi connectivity index (χ0v) is 17.7. The van der Waals surface area contributed by atoms with E-state index in [0.29, 0.717) is 36.3 Å². The summed E-state index contributed by atoms with van der Waals surface area (Å²) in [5.41, 5.74) is 0.723. The monoisotopic (exact) mass is 440 g/mol. The Morgan fingerprint density at radius 1 is 1.16 bits per heavy atom. The second kappa shape index (κ2) is 9.57. The molecule has 0 aliphatic carbocycles. The number of fused-ring (bicyclic) bond motifs is 1. The molecule has 0 aliphatic heterocycles. The molecule has 1 amide bonds. The summed E-state index contributed by atoms with van der Waals surface area (Å²) in [6.45, 7) is 3.12. The van der Waals surface area contributed by atoms with E-state index >= 15 is 0 Å². The minimum Gasteiger partial charge on any atom is -0.492 e. The van der Waals surface area contributed by atoms with Gasteiger partial charge in [-0.05, 0) is 49.4 Å². The van der Waals surface area contributed by atoms with Gasteiger partial charge in [0.15, 0.2) is 11.7 Å². The maximum Gasteiger partial charge on any atom is 0.266 e. The molecule has 0 atom stereocenters. The topological polar surface area (TPSA) is 69.5 Å². The molecule has 2 aromatic heterocycles. The standard InChI is InChI=1S/C22H21FN4O3S/c1-2-29-18-5-3-6-19-21(18)25-22(31-19)27(14-13-26-12-4-11-24-26)20(28)15-30-17-9-7-16(23)8-10-17/h3-12H,2,13-15H2,1H3. The van der Waals surface area contributed by atoms with E-state index in [0.717, 1.165) is 10.2 Å². The fourth-order valence-electron chi connectivity index (χ4n) is 3.01. The van der Waals surface area contributed by atoms with Gasteiger partial charge in [0.2, 0.25) is 0 Å². The van der Waals surface area contributed by atoms with Crippen LogP contribution in [0.4, 0.5) is 9.52 Å². The van der Waals surface area contributed by atoms with Crippen molar-refractivity contribution in [2.75, 3.05) is 24.7 Å². The molecule has 7 nitrogen and oxygen atoms in total. The van der Waals surface area contributed by atoms with Crippen LogP contribution >= 0.6 is 11.3 Å². The highest BCUT2D eigenvalue weighted by atomic mass is 32.1. The number of rotatable bonds is 9. The van der Waals surface area contributed by atoms with Gasteiger partial charge >= 0.3 is 0 Å². The number of halogens is 1. The molecule has 0 unspecified atom stereocenters. The number of ether oxygens (including phenoxy) is 2.